The van der Waals surface area contributed by atoms with Crippen LogP contribution in [0.2, 0.25) is 5.02 Å². The Morgan fingerprint density at radius 3 is 2.45 bits per heavy atom. The molecule has 1 saturated heterocycles. The summed E-state index contributed by atoms with van der Waals surface area (Å²) in [7, 11) is -0.863. The molecule has 3 aromatic rings. The highest BCUT2D eigenvalue weighted by Gasteiger charge is 2.32. The van der Waals surface area contributed by atoms with Crippen molar-refractivity contribution in [1.29, 1.82) is 0 Å². The maximum absolute atomic E-state index is 13.3. The van der Waals surface area contributed by atoms with Crippen LogP contribution in [-0.4, -0.2) is 44.0 Å². The van der Waals surface area contributed by atoms with E-state index in [0.29, 0.717) is 40.2 Å². The fourth-order valence-electron chi connectivity index (χ4n) is 3.78. The third-order valence-corrected chi connectivity index (χ3v) is 7.45. The van der Waals surface area contributed by atoms with Gasteiger partial charge in [0.05, 0.1) is 14.2 Å². The molecular formula is C22H25ClN4O5S. The van der Waals surface area contributed by atoms with Crippen molar-refractivity contribution >= 4 is 27.6 Å². The van der Waals surface area contributed by atoms with Crippen molar-refractivity contribution in [3.8, 4) is 17.2 Å². The molecule has 0 bridgehead atoms. The molecule has 9 nitrogen and oxygen atoms in total. The molecule has 2 heterocycles. The summed E-state index contributed by atoms with van der Waals surface area (Å²) >= 11 is 6.06. The van der Waals surface area contributed by atoms with Crippen molar-refractivity contribution in [1.82, 2.24) is 14.8 Å². The van der Waals surface area contributed by atoms with Gasteiger partial charge in [0.15, 0.2) is 5.82 Å². The van der Waals surface area contributed by atoms with Crippen molar-refractivity contribution in [2.45, 2.75) is 31.1 Å². The van der Waals surface area contributed by atoms with Crippen LogP contribution in [0.25, 0.3) is 5.69 Å². The van der Waals surface area contributed by atoms with E-state index >= 15 is 0 Å². The van der Waals surface area contributed by atoms with Gasteiger partial charge in [-0.2, -0.15) is 0 Å². The monoisotopic (exact) mass is 492 g/mol. The van der Waals surface area contributed by atoms with Gasteiger partial charge in [0.1, 0.15) is 28.5 Å². The van der Waals surface area contributed by atoms with Crippen LogP contribution < -0.4 is 14.2 Å². The van der Waals surface area contributed by atoms with E-state index in [0.717, 1.165) is 12.8 Å². The second-order valence-electron chi connectivity index (χ2n) is 7.57. The number of anilines is 1. The second-order valence-corrected chi connectivity index (χ2v) is 10.0. The average molecular weight is 493 g/mol. The first-order valence-corrected chi connectivity index (χ1v) is 12.3. The Bertz CT molecular complexity index is 1220. The van der Waals surface area contributed by atoms with Gasteiger partial charge >= 0.3 is 0 Å². The molecule has 33 heavy (non-hydrogen) atoms. The molecule has 1 fully saturated rings. The summed E-state index contributed by atoms with van der Waals surface area (Å²) in [5, 5.41) is 8.02. The normalized spacial score (nSPS) is 17.0. The molecule has 4 rings (SSSR count). The first-order valence-electron chi connectivity index (χ1n) is 10.4. The fraction of sp³-hybridized carbons (Fsp3) is 0.364. The summed E-state index contributed by atoms with van der Waals surface area (Å²) in [5.74, 6) is 1.41. The van der Waals surface area contributed by atoms with Crippen LogP contribution in [0.3, 0.4) is 0 Å². The van der Waals surface area contributed by atoms with Crippen LogP contribution in [0.1, 0.15) is 42.5 Å². The Kier molecular flexibility index (Phi) is 6.78. The van der Waals surface area contributed by atoms with E-state index in [4.69, 9.17) is 25.8 Å². The lowest BCUT2D eigenvalue weighted by Gasteiger charge is -2.20. The van der Waals surface area contributed by atoms with Crippen LogP contribution in [0.15, 0.2) is 42.5 Å². The van der Waals surface area contributed by atoms with Gasteiger partial charge in [-0.15, -0.1) is 10.2 Å². The summed E-state index contributed by atoms with van der Waals surface area (Å²) in [4.78, 5) is 0. The highest BCUT2D eigenvalue weighted by molar-refractivity contribution is 7.92. The summed E-state index contributed by atoms with van der Waals surface area (Å²) in [6.07, 6.45) is 1.27. The highest BCUT2D eigenvalue weighted by atomic mass is 35.5. The molecule has 1 aliphatic heterocycles. The molecular weight excluding hydrogens is 468 g/mol. The number of rotatable bonds is 8. The Balaban J connectivity index is 1.82. The standard InChI is InChI=1S/C22H25ClN4O5S/c1-14(15-7-4-8-16(23)13-15)33(28,29)26-22-25-24-21(19-11-6-12-32-19)27(22)20-17(30-2)9-5-10-18(20)31-3/h4-5,7-10,13-14,19H,6,11-12H2,1-3H3,(H,25,26)/t14-,19-/m1/s1. The van der Waals surface area contributed by atoms with Gasteiger partial charge in [0.2, 0.25) is 16.0 Å². The minimum atomic E-state index is -3.92. The molecule has 11 heteroatoms. The van der Waals surface area contributed by atoms with Crippen molar-refractivity contribution < 1.29 is 22.6 Å². The van der Waals surface area contributed by atoms with Crippen molar-refractivity contribution in [2.75, 3.05) is 25.5 Å². The molecule has 1 aliphatic rings. The van der Waals surface area contributed by atoms with E-state index in [1.54, 1.807) is 54.0 Å². The van der Waals surface area contributed by atoms with E-state index in [9.17, 15) is 8.42 Å². The molecule has 0 spiro atoms. The van der Waals surface area contributed by atoms with Crippen LogP contribution in [0.5, 0.6) is 11.5 Å². The largest absolute Gasteiger partial charge is 0.494 e. The van der Waals surface area contributed by atoms with Crippen molar-refractivity contribution in [3.05, 3.63) is 58.9 Å². The lowest BCUT2D eigenvalue weighted by atomic mass is 10.2. The molecule has 0 radical (unpaired) electrons. The highest BCUT2D eigenvalue weighted by Crippen LogP contribution is 2.39. The molecule has 0 amide bonds. The van der Waals surface area contributed by atoms with Crippen molar-refractivity contribution in [2.24, 2.45) is 0 Å². The van der Waals surface area contributed by atoms with Gasteiger partial charge in [-0.3, -0.25) is 9.29 Å². The van der Waals surface area contributed by atoms with Crippen LogP contribution in [0, 0.1) is 0 Å². The third kappa shape index (κ3) is 4.64. The Hall–Kier alpha value is -2.82. The van der Waals surface area contributed by atoms with E-state index in [-0.39, 0.29) is 12.1 Å². The number of sulfonamides is 1. The number of ether oxygens (including phenoxy) is 3. The third-order valence-electron chi connectivity index (χ3n) is 5.55. The van der Waals surface area contributed by atoms with Crippen molar-refractivity contribution in [3.63, 3.8) is 0 Å². The molecule has 2 atom stereocenters. The summed E-state index contributed by atoms with van der Waals surface area (Å²) in [5.41, 5.74) is 1.03. The SMILES string of the molecule is COc1cccc(OC)c1-n1c(NS(=O)(=O)[C@H](C)c2cccc(Cl)c2)nnc1[C@H]1CCCO1. The Morgan fingerprint density at radius 1 is 1.15 bits per heavy atom. The summed E-state index contributed by atoms with van der Waals surface area (Å²) in [6.45, 7) is 2.17. The van der Waals surface area contributed by atoms with Crippen LogP contribution >= 0.6 is 11.6 Å². The predicted molar refractivity (Wildman–Crippen MR) is 125 cm³/mol. The maximum Gasteiger partial charge on any atom is 0.243 e. The van der Waals surface area contributed by atoms with E-state index in [1.165, 1.54) is 14.2 Å². The molecule has 0 unspecified atom stereocenters. The van der Waals surface area contributed by atoms with E-state index in [1.807, 2.05) is 0 Å². The zero-order chi connectivity index (χ0) is 23.6. The Morgan fingerprint density at radius 2 is 1.85 bits per heavy atom. The Labute approximate surface area is 197 Å². The number of methoxy groups -OCH3 is 2. The van der Waals surface area contributed by atoms with E-state index < -0.39 is 15.3 Å². The number of aromatic nitrogens is 3. The summed E-state index contributed by atoms with van der Waals surface area (Å²) in [6, 6.07) is 12.0. The number of benzene rings is 2. The minimum Gasteiger partial charge on any atom is -0.494 e. The van der Waals surface area contributed by atoms with Crippen LogP contribution in [0.4, 0.5) is 5.95 Å². The molecule has 2 aromatic carbocycles. The quantitative estimate of drug-likeness (QED) is 0.500. The number of nitrogens with zero attached hydrogens (tertiary/aromatic N) is 3. The molecule has 176 valence electrons. The number of para-hydroxylation sites is 1. The van der Waals surface area contributed by atoms with Crippen LogP contribution in [-0.2, 0) is 14.8 Å². The van der Waals surface area contributed by atoms with Gasteiger partial charge in [-0.1, -0.05) is 29.8 Å². The predicted octanol–water partition coefficient (Wildman–Crippen LogP) is 4.29. The smallest absolute Gasteiger partial charge is 0.243 e. The fourth-order valence-corrected chi connectivity index (χ4v) is 5.05. The first-order chi connectivity index (χ1) is 15.9. The van der Waals surface area contributed by atoms with Gasteiger partial charge in [0.25, 0.3) is 0 Å². The molecule has 0 aliphatic carbocycles. The molecule has 1 N–H and O–H groups in total. The lowest BCUT2D eigenvalue weighted by molar-refractivity contribution is 0.103. The van der Waals surface area contributed by atoms with Gasteiger partial charge < -0.3 is 14.2 Å². The zero-order valence-electron chi connectivity index (χ0n) is 18.5. The maximum atomic E-state index is 13.3. The molecule has 0 saturated carbocycles. The first kappa shape index (κ1) is 23.3. The van der Waals surface area contributed by atoms with E-state index in [2.05, 4.69) is 14.9 Å². The van der Waals surface area contributed by atoms with Gasteiger partial charge in [0, 0.05) is 11.6 Å². The van der Waals surface area contributed by atoms with Gasteiger partial charge in [-0.05, 0) is 49.6 Å². The van der Waals surface area contributed by atoms with Gasteiger partial charge in [-0.25, -0.2) is 8.42 Å². The number of hydrogen-bond donors (Lipinski definition) is 1. The topological polar surface area (TPSA) is 105 Å². The number of hydrogen-bond acceptors (Lipinski definition) is 7. The summed E-state index contributed by atoms with van der Waals surface area (Å²) < 4.78 is 47.7. The zero-order valence-corrected chi connectivity index (χ0v) is 20.1. The average Bonchev–Trinajstić information content (AvgIpc) is 3.47. The number of nitrogens with one attached hydrogen (secondary N) is 1. The molecule has 1 aromatic heterocycles. The number of halogens is 1. The second kappa shape index (κ2) is 9.58. The lowest BCUT2D eigenvalue weighted by Crippen LogP contribution is -2.22. The minimum absolute atomic E-state index is 0.0113.